The van der Waals surface area contributed by atoms with Crippen molar-refractivity contribution in [3.8, 4) is 17.3 Å². The van der Waals surface area contributed by atoms with Crippen molar-refractivity contribution in [1.82, 2.24) is 4.98 Å². The second-order valence-corrected chi connectivity index (χ2v) is 5.86. The van der Waals surface area contributed by atoms with Crippen LogP contribution in [0.4, 0.5) is 4.39 Å². The summed E-state index contributed by atoms with van der Waals surface area (Å²) >= 11 is 1.40. The van der Waals surface area contributed by atoms with E-state index in [1.54, 1.807) is 18.2 Å². The van der Waals surface area contributed by atoms with E-state index >= 15 is 0 Å². The molecule has 0 aliphatic heterocycles. The van der Waals surface area contributed by atoms with Crippen molar-refractivity contribution in [2.45, 2.75) is 0 Å². The SMILES string of the molecule is N#C/C(=C\C=C\c1ccccc1)c1nc(-c2ccc(F)cc2)cs1. The van der Waals surface area contributed by atoms with Crippen LogP contribution in [0, 0.1) is 17.1 Å². The summed E-state index contributed by atoms with van der Waals surface area (Å²) in [4.78, 5) is 4.48. The summed E-state index contributed by atoms with van der Waals surface area (Å²) in [6.45, 7) is 0. The Hall–Kier alpha value is -3.03. The maximum Gasteiger partial charge on any atom is 0.134 e. The van der Waals surface area contributed by atoms with Crippen LogP contribution in [0.25, 0.3) is 22.9 Å². The Kier molecular flexibility index (Phi) is 4.95. The Morgan fingerprint density at radius 3 is 2.54 bits per heavy atom. The highest BCUT2D eigenvalue weighted by Crippen LogP contribution is 2.26. The zero-order valence-electron chi connectivity index (χ0n) is 12.7. The van der Waals surface area contributed by atoms with Crippen LogP contribution in [0.2, 0.25) is 0 Å². The van der Waals surface area contributed by atoms with Crippen LogP contribution in [0.1, 0.15) is 10.6 Å². The fraction of sp³-hybridized carbons (Fsp3) is 0. The second kappa shape index (κ2) is 7.49. The minimum Gasteiger partial charge on any atom is -0.235 e. The van der Waals surface area contributed by atoms with E-state index in [4.69, 9.17) is 0 Å². The number of nitrogens with zero attached hydrogens (tertiary/aromatic N) is 2. The van der Waals surface area contributed by atoms with E-state index in [0.29, 0.717) is 10.6 Å². The van der Waals surface area contributed by atoms with E-state index in [-0.39, 0.29) is 5.82 Å². The molecule has 1 heterocycles. The molecule has 0 unspecified atom stereocenters. The molecule has 0 atom stereocenters. The highest BCUT2D eigenvalue weighted by molar-refractivity contribution is 7.11. The van der Waals surface area contributed by atoms with Crippen LogP contribution >= 0.6 is 11.3 Å². The van der Waals surface area contributed by atoms with E-state index in [0.717, 1.165) is 16.8 Å². The topological polar surface area (TPSA) is 36.7 Å². The first-order valence-electron chi connectivity index (χ1n) is 7.31. The van der Waals surface area contributed by atoms with Crippen molar-refractivity contribution < 1.29 is 4.39 Å². The lowest BCUT2D eigenvalue weighted by molar-refractivity contribution is 0.628. The van der Waals surface area contributed by atoms with Gasteiger partial charge >= 0.3 is 0 Å². The quantitative estimate of drug-likeness (QED) is 0.462. The fourth-order valence-corrected chi connectivity index (χ4v) is 2.93. The summed E-state index contributed by atoms with van der Waals surface area (Å²) in [7, 11) is 0. The Morgan fingerprint density at radius 1 is 1.08 bits per heavy atom. The summed E-state index contributed by atoms with van der Waals surface area (Å²) in [5.41, 5.74) is 3.14. The fourth-order valence-electron chi connectivity index (χ4n) is 2.13. The molecule has 0 radical (unpaired) electrons. The van der Waals surface area contributed by atoms with Crippen molar-refractivity contribution in [1.29, 1.82) is 5.26 Å². The van der Waals surface area contributed by atoms with E-state index < -0.39 is 0 Å². The van der Waals surface area contributed by atoms with Gasteiger partial charge in [0.15, 0.2) is 0 Å². The summed E-state index contributed by atoms with van der Waals surface area (Å²) in [6.07, 6.45) is 5.53. The number of halogens is 1. The molecule has 0 spiro atoms. The molecule has 1 aromatic heterocycles. The third kappa shape index (κ3) is 3.83. The zero-order valence-corrected chi connectivity index (χ0v) is 13.5. The Bertz CT molecular complexity index is 916. The van der Waals surface area contributed by atoms with Crippen LogP contribution < -0.4 is 0 Å². The molecule has 0 saturated heterocycles. The summed E-state index contributed by atoms with van der Waals surface area (Å²) in [5.74, 6) is -0.280. The molecule has 0 saturated carbocycles. The van der Waals surface area contributed by atoms with Crippen LogP contribution in [-0.4, -0.2) is 4.98 Å². The average molecular weight is 332 g/mol. The third-order valence-electron chi connectivity index (χ3n) is 3.35. The predicted octanol–water partition coefficient (Wildman–Crippen LogP) is 5.57. The van der Waals surface area contributed by atoms with E-state index in [9.17, 15) is 9.65 Å². The van der Waals surface area contributed by atoms with Crippen molar-refractivity contribution in [3.63, 3.8) is 0 Å². The van der Waals surface area contributed by atoms with Gasteiger partial charge in [-0.05, 0) is 35.9 Å². The number of hydrogen-bond acceptors (Lipinski definition) is 3. The minimum atomic E-state index is -0.280. The number of aromatic nitrogens is 1. The first-order chi connectivity index (χ1) is 11.8. The van der Waals surface area contributed by atoms with Gasteiger partial charge in [0.1, 0.15) is 16.9 Å². The lowest BCUT2D eigenvalue weighted by Crippen LogP contribution is -1.82. The number of allylic oxidation sites excluding steroid dienone is 3. The summed E-state index contributed by atoms with van der Waals surface area (Å²) in [6, 6.07) is 18.2. The highest BCUT2D eigenvalue weighted by atomic mass is 32.1. The molecule has 116 valence electrons. The van der Waals surface area contributed by atoms with Crippen LogP contribution in [-0.2, 0) is 0 Å². The standard InChI is InChI=1S/C20H13FN2S/c21-18-11-9-16(10-12-18)19-14-24-20(23-19)17(13-22)8-4-7-15-5-2-1-3-6-15/h1-12,14H/b7-4+,17-8+. The number of benzene rings is 2. The molecular formula is C20H13FN2S. The van der Waals surface area contributed by atoms with Gasteiger partial charge in [-0.3, -0.25) is 0 Å². The Balaban J connectivity index is 1.82. The van der Waals surface area contributed by atoms with Crippen LogP contribution in [0.5, 0.6) is 0 Å². The first kappa shape index (κ1) is 15.9. The molecule has 0 amide bonds. The van der Waals surface area contributed by atoms with Gasteiger partial charge in [-0.2, -0.15) is 5.26 Å². The van der Waals surface area contributed by atoms with E-state index in [1.165, 1.54) is 23.5 Å². The molecule has 0 fully saturated rings. The average Bonchev–Trinajstić information content (AvgIpc) is 3.10. The summed E-state index contributed by atoms with van der Waals surface area (Å²) in [5, 5.41) is 11.9. The number of rotatable bonds is 4. The van der Waals surface area contributed by atoms with Gasteiger partial charge in [0.05, 0.1) is 11.3 Å². The molecule has 2 aromatic carbocycles. The molecule has 3 rings (SSSR count). The van der Waals surface area contributed by atoms with Crippen molar-refractivity contribution in [3.05, 3.63) is 88.5 Å². The van der Waals surface area contributed by atoms with Crippen molar-refractivity contribution >= 4 is 23.0 Å². The maximum atomic E-state index is 13.0. The monoisotopic (exact) mass is 332 g/mol. The smallest absolute Gasteiger partial charge is 0.134 e. The molecule has 0 N–H and O–H groups in total. The molecule has 24 heavy (non-hydrogen) atoms. The Morgan fingerprint density at radius 2 is 1.83 bits per heavy atom. The molecule has 0 bridgehead atoms. The van der Waals surface area contributed by atoms with Gasteiger partial charge in [-0.15, -0.1) is 11.3 Å². The van der Waals surface area contributed by atoms with Gasteiger partial charge in [0.2, 0.25) is 0 Å². The lowest BCUT2D eigenvalue weighted by atomic mass is 10.2. The van der Waals surface area contributed by atoms with Crippen LogP contribution in [0.15, 0.2) is 72.1 Å². The molecule has 4 heteroatoms. The lowest BCUT2D eigenvalue weighted by Gasteiger charge is -1.95. The second-order valence-electron chi connectivity index (χ2n) is 5.01. The van der Waals surface area contributed by atoms with Crippen LogP contribution in [0.3, 0.4) is 0 Å². The molecule has 0 aliphatic carbocycles. The van der Waals surface area contributed by atoms with Gasteiger partial charge < -0.3 is 0 Å². The van der Waals surface area contributed by atoms with Gasteiger partial charge in [0.25, 0.3) is 0 Å². The van der Waals surface area contributed by atoms with Gasteiger partial charge in [-0.25, -0.2) is 9.37 Å². The molecular weight excluding hydrogens is 319 g/mol. The summed E-state index contributed by atoms with van der Waals surface area (Å²) < 4.78 is 13.0. The largest absolute Gasteiger partial charge is 0.235 e. The predicted molar refractivity (Wildman–Crippen MR) is 96.6 cm³/mol. The van der Waals surface area contributed by atoms with Gasteiger partial charge in [-0.1, -0.05) is 42.5 Å². The zero-order chi connectivity index (χ0) is 16.8. The van der Waals surface area contributed by atoms with Crippen molar-refractivity contribution in [2.24, 2.45) is 0 Å². The van der Waals surface area contributed by atoms with Crippen molar-refractivity contribution in [2.75, 3.05) is 0 Å². The third-order valence-corrected chi connectivity index (χ3v) is 4.22. The molecule has 2 nitrogen and oxygen atoms in total. The van der Waals surface area contributed by atoms with Gasteiger partial charge in [0, 0.05) is 10.9 Å². The highest BCUT2D eigenvalue weighted by Gasteiger charge is 2.08. The first-order valence-corrected chi connectivity index (χ1v) is 8.19. The van der Waals surface area contributed by atoms with E-state index in [2.05, 4.69) is 11.1 Å². The Labute approximate surface area is 143 Å². The minimum absolute atomic E-state index is 0.280. The van der Waals surface area contributed by atoms with E-state index in [1.807, 2.05) is 47.9 Å². The number of nitriles is 1. The maximum absolute atomic E-state index is 13.0. The molecule has 0 aliphatic rings. The molecule has 3 aromatic rings. The number of hydrogen-bond donors (Lipinski definition) is 0. The number of thiazole rings is 1. The normalized spacial score (nSPS) is 11.6.